The minimum Gasteiger partial charge on any atom is -0.508 e. The maximum absolute atomic E-state index is 13.9. The molecule has 2 aliphatic rings. The maximum atomic E-state index is 13.9. The monoisotopic (exact) mass is 666 g/mol. The van der Waals surface area contributed by atoms with Gasteiger partial charge in [0.25, 0.3) is 0 Å². The third-order valence-corrected chi connectivity index (χ3v) is 10.6. The van der Waals surface area contributed by atoms with Crippen LogP contribution in [0.15, 0.2) is 48.5 Å². The summed E-state index contributed by atoms with van der Waals surface area (Å²) in [7, 11) is 1.92. The third-order valence-electron chi connectivity index (χ3n) is 9.94. The molecule has 1 fully saturated rings. The highest BCUT2D eigenvalue weighted by Crippen LogP contribution is 2.53. The number of phenolic OH excluding ortho intramolecular Hbond substituents is 1. The minimum atomic E-state index is -1.02. The molecule has 1 heterocycles. The number of rotatable bonds is 14. The lowest BCUT2D eigenvalue weighted by molar-refractivity contribution is -0.145. The van der Waals surface area contributed by atoms with Crippen LogP contribution < -0.4 is 27.0 Å². The first-order valence-corrected chi connectivity index (χ1v) is 17.2. The van der Waals surface area contributed by atoms with Crippen LogP contribution in [0.4, 0.5) is 0 Å². The van der Waals surface area contributed by atoms with E-state index < -0.39 is 47.8 Å². The molecule has 47 heavy (non-hydrogen) atoms. The van der Waals surface area contributed by atoms with Crippen molar-refractivity contribution in [2.45, 2.75) is 62.6 Å². The third kappa shape index (κ3) is 7.90. The van der Waals surface area contributed by atoms with Crippen molar-refractivity contribution in [3.05, 3.63) is 65.2 Å². The van der Waals surface area contributed by atoms with E-state index in [2.05, 4.69) is 33.1 Å². The number of primary amides is 1. The van der Waals surface area contributed by atoms with Crippen molar-refractivity contribution >= 4 is 41.3 Å². The van der Waals surface area contributed by atoms with Gasteiger partial charge in [0.2, 0.25) is 29.5 Å². The van der Waals surface area contributed by atoms with Gasteiger partial charge in [-0.2, -0.15) is 11.8 Å². The van der Waals surface area contributed by atoms with Crippen LogP contribution in [-0.2, 0) is 42.2 Å². The largest absolute Gasteiger partial charge is 0.508 e. The van der Waals surface area contributed by atoms with Gasteiger partial charge in [0.05, 0.1) is 13.1 Å². The van der Waals surface area contributed by atoms with Crippen LogP contribution in [0, 0.1) is 5.92 Å². The van der Waals surface area contributed by atoms with E-state index in [-0.39, 0.29) is 36.0 Å². The number of phenols is 1. The van der Waals surface area contributed by atoms with Gasteiger partial charge in [-0.3, -0.25) is 28.9 Å². The predicted octanol–water partition coefficient (Wildman–Crippen LogP) is 0.600. The second-order valence-electron chi connectivity index (χ2n) is 12.8. The van der Waals surface area contributed by atoms with Crippen molar-refractivity contribution in [3.8, 4) is 5.75 Å². The molecule has 0 saturated carbocycles. The minimum absolute atomic E-state index is 0.112. The normalized spacial score (nSPS) is 23.0. The lowest BCUT2D eigenvalue weighted by atomic mass is 9.53. The highest BCUT2D eigenvalue weighted by molar-refractivity contribution is 7.98. The Hall–Kier alpha value is -4.10. The topological polar surface area (TPSA) is 183 Å². The zero-order valence-electron chi connectivity index (χ0n) is 27.4. The average molecular weight is 667 g/mol. The van der Waals surface area contributed by atoms with Gasteiger partial charge in [-0.15, -0.1) is 0 Å². The number of thioether (sulfide) groups is 1. The van der Waals surface area contributed by atoms with Crippen LogP contribution in [0.1, 0.15) is 43.4 Å². The highest BCUT2D eigenvalue weighted by atomic mass is 32.2. The molecule has 4 rings (SSSR count). The fourth-order valence-electron chi connectivity index (χ4n) is 6.97. The molecule has 1 aliphatic heterocycles. The van der Waals surface area contributed by atoms with Crippen LogP contribution in [0.2, 0.25) is 0 Å². The summed E-state index contributed by atoms with van der Waals surface area (Å²) in [6.07, 6.45) is 3.64. The number of nitrogens with zero attached hydrogens (tertiary/aromatic N) is 1. The Bertz CT molecular complexity index is 1490. The molecular weight excluding hydrogens is 620 g/mol. The van der Waals surface area contributed by atoms with E-state index in [9.17, 15) is 29.1 Å². The Morgan fingerprint density at radius 3 is 2.40 bits per heavy atom. The van der Waals surface area contributed by atoms with Gasteiger partial charge in [0.15, 0.2) is 0 Å². The lowest BCUT2D eigenvalue weighted by Gasteiger charge is -2.59. The van der Waals surface area contributed by atoms with Gasteiger partial charge in [-0.1, -0.05) is 50.2 Å². The molecule has 0 aromatic heterocycles. The van der Waals surface area contributed by atoms with Crippen molar-refractivity contribution in [1.29, 1.82) is 0 Å². The van der Waals surface area contributed by atoms with Gasteiger partial charge in [0, 0.05) is 12.8 Å². The summed E-state index contributed by atoms with van der Waals surface area (Å²) in [5.41, 5.74) is 7.09. The number of nitrogens with two attached hydrogens (primary N) is 1. The molecule has 1 aliphatic carbocycles. The van der Waals surface area contributed by atoms with Crippen LogP contribution in [0.25, 0.3) is 0 Å². The number of hydrogen-bond donors (Lipinski definition) is 6. The molecule has 254 valence electrons. The molecule has 2 bridgehead atoms. The van der Waals surface area contributed by atoms with Gasteiger partial charge < -0.3 is 32.1 Å². The molecule has 13 heteroatoms. The number of likely N-dealkylation sites (tertiary alicyclic amines) is 1. The predicted molar refractivity (Wildman–Crippen MR) is 181 cm³/mol. The Balaban J connectivity index is 1.36. The molecule has 12 nitrogen and oxygen atoms in total. The number of aromatic hydroxyl groups is 1. The van der Waals surface area contributed by atoms with E-state index in [1.165, 1.54) is 11.8 Å². The second kappa shape index (κ2) is 15.2. The molecule has 1 saturated heterocycles. The average Bonchev–Trinajstić information content (AvgIpc) is 3.04. The Morgan fingerprint density at radius 1 is 1.02 bits per heavy atom. The van der Waals surface area contributed by atoms with E-state index >= 15 is 0 Å². The zero-order chi connectivity index (χ0) is 34.4. The number of carbonyl (C=O) groups is 5. The van der Waals surface area contributed by atoms with Crippen molar-refractivity contribution < 1.29 is 29.1 Å². The summed E-state index contributed by atoms with van der Waals surface area (Å²) in [5, 5.41) is 20.8. The number of nitrogens with one attached hydrogen (secondary N) is 4. The van der Waals surface area contributed by atoms with E-state index in [4.69, 9.17) is 5.73 Å². The van der Waals surface area contributed by atoms with Crippen LogP contribution >= 0.6 is 11.8 Å². The number of hydrogen-bond acceptors (Lipinski definition) is 8. The second-order valence-corrected chi connectivity index (χ2v) is 13.8. The number of carbonyl (C=O) groups excluding carboxylic acids is 5. The first kappa shape index (κ1) is 35.7. The summed E-state index contributed by atoms with van der Waals surface area (Å²) in [6.45, 7) is 4.08. The van der Waals surface area contributed by atoms with Crippen molar-refractivity contribution in [2.75, 3.05) is 38.7 Å². The number of piperidine rings is 1. The molecular formula is C34H46N6O6S. The van der Waals surface area contributed by atoms with Crippen LogP contribution in [-0.4, -0.2) is 95.9 Å². The van der Waals surface area contributed by atoms with Crippen LogP contribution in [0.5, 0.6) is 5.75 Å². The van der Waals surface area contributed by atoms with E-state index in [1.807, 2.05) is 56.6 Å². The fourth-order valence-corrected chi connectivity index (χ4v) is 7.44. The van der Waals surface area contributed by atoms with E-state index in [0.717, 1.165) is 23.1 Å². The lowest BCUT2D eigenvalue weighted by Crippen LogP contribution is -2.71. The van der Waals surface area contributed by atoms with E-state index in [0.29, 0.717) is 25.1 Å². The molecule has 7 N–H and O–H groups in total. The van der Waals surface area contributed by atoms with Gasteiger partial charge in [-0.05, 0) is 78.6 Å². The summed E-state index contributed by atoms with van der Waals surface area (Å²) < 4.78 is 0. The quantitative estimate of drug-likeness (QED) is 0.169. The fraction of sp³-hybridized carbons (Fsp3) is 0.500. The molecule has 5 atom stereocenters. The smallest absolute Gasteiger partial charge is 0.243 e. The molecule has 0 unspecified atom stereocenters. The SMILES string of the molecule is CSCC[C@H](NC(=O)[C@H](Cc1ccccc1)NC(=O)CNC(=O)CNC(=O)[C@@]12Cc3ccc(O)cc3[C@@](C)(CCN1C)[C@H]2C)C(N)=O. The number of likely N-dealkylation sites (N-methyl/N-ethyl adjacent to an activating group) is 1. The summed E-state index contributed by atoms with van der Waals surface area (Å²) >= 11 is 1.51. The number of amides is 5. The zero-order valence-corrected chi connectivity index (χ0v) is 28.2. The first-order chi connectivity index (χ1) is 22.3. The summed E-state index contributed by atoms with van der Waals surface area (Å²) in [6, 6.07) is 12.5. The Morgan fingerprint density at radius 2 is 1.72 bits per heavy atom. The van der Waals surface area contributed by atoms with Crippen molar-refractivity contribution in [1.82, 2.24) is 26.2 Å². The van der Waals surface area contributed by atoms with Gasteiger partial charge >= 0.3 is 0 Å². The Kier molecular flexibility index (Phi) is 11.6. The first-order valence-electron chi connectivity index (χ1n) is 15.8. The summed E-state index contributed by atoms with van der Waals surface area (Å²) in [5.74, 6) is -1.98. The molecule has 0 radical (unpaired) electrons. The number of benzene rings is 2. The molecule has 5 amide bonds. The van der Waals surface area contributed by atoms with Gasteiger partial charge in [-0.25, -0.2) is 0 Å². The number of fused-ring (bicyclic) bond motifs is 4. The maximum Gasteiger partial charge on any atom is 0.243 e. The Labute approximate surface area is 280 Å². The van der Waals surface area contributed by atoms with Gasteiger partial charge in [0.1, 0.15) is 23.4 Å². The highest BCUT2D eigenvalue weighted by Gasteiger charge is 2.60. The summed E-state index contributed by atoms with van der Waals surface area (Å²) in [4.78, 5) is 66.8. The van der Waals surface area contributed by atoms with Crippen LogP contribution in [0.3, 0.4) is 0 Å². The standard InChI is InChI=1S/C34H46N6O6S/c1-21-33(2)13-14-40(3)34(21,18-23-10-11-24(41)17-25(23)33)32(46)37-19-28(42)36-20-29(43)38-27(16-22-8-6-5-7-9-22)31(45)39-26(30(35)44)12-15-47-4/h5-11,17,21,26-27,41H,12-16,18-20H2,1-4H3,(H2,35,44)(H,36,42)(H,37,46)(H,38,43)(H,39,45)/t21-,26+,27+,33+,34+/m1/s1. The van der Waals surface area contributed by atoms with Crippen molar-refractivity contribution in [3.63, 3.8) is 0 Å². The molecule has 2 aromatic rings. The van der Waals surface area contributed by atoms with E-state index in [1.54, 1.807) is 12.1 Å². The molecule has 2 aromatic carbocycles. The molecule has 0 spiro atoms. The van der Waals surface area contributed by atoms with Crippen molar-refractivity contribution in [2.24, 2.45) is 11.7 Å².